The summed E-state index contributed by atoms with van der Waals surface area (Å²) in [6.07, 6.45) is 1.75. The molecule has 1 saturated heterocycles. The van der Waals surface area contributed by atoms with E-state index in [-0.39, 0.29) is 11.7 Å². The number of likely N-dealkylation sites (N-methyl/N-ethyl adjacent to an activating group) is 1. The number of benzene rings is 1. The molecule has 1 atom stereocenters. The van der Waals surface area contributed by atoms with Gasteiger partial charge in [-0.1, -0.05) is 24.3 Å². The van der Waals surface area contributed by atoms with Crippen LogP contribution in [-0.4, -0.2) is 56.2 Å². The number of halogens is 1. The molecule has 0 unspecified atom stereocenters. The zero-order valence-electron chi connectivity index (χ0n) is 15.7. The zero-order chi connectivity index (χ0) is 19.2. The molecule has 0 bridgehead atoms. The highest BCUT2D eigenvalue weighted by molar-refractivity contribution is 5.83. The molecule has 1 aromatic heterocycles. The Morgan fingerprint density at radius 1 is 1.26 bits per heavy atom. The van der Waals surface area contributed by atoms with E-state index in [4.69, 9.17) is 4.74 Å². The van der Waals surface area contributed by atoms with Crippen LogP contribution >= 0.6 is 0 Å². The smallest absolute Gasteiger partial charge is 0.242 e. The van der Waals surface area contributed by atoms with Gasteiger partial charge in [-0.15, -0.1) is 0 Å². The van der Waals surface area contributed by atoms with Crippen molar-refractivity contribution < 1.29 is 13.9 Å². The fraction of sp³-hybridized carbons (Fsp3) is 0.400. The number of hydrogen-bond acceptors (Lipinski definition) is 5. The van der Waals surface area contributed by atoms with Crippen LogP contribution in [0.15, 0.2) is 42.6 Å². The Balaban J connectivity index is 1.74. The summed E-state index contributed by atoms with van der Waals surface area (Å²) >= 11 is 0. The first-order chi connectivity index (χ1) is 13.1. The molecule has 2 aromatic rings. The Morgan fingerprint density at radius 2 is 2.00 bits per heavy atom. The molecular formula is C20H25FN4O2. The summed E-state index contributed by atoms with van der Waals surface area (Å²) in [4.78, 5) is 21.2. The van der Waals surface area contributed by atoms with Gasteiger partial charge in [0.2, 0.25) is 5.91 Å². The van der Waals surface area contributed by atoms with Crippen molar-refractivity contribution in [2.75, 3.05) is 45.3 Å². The molecular weight excluding hydrogens is 347 g/mol. The van der Waals surface area contributed by atoms with Gasteiger partial charge in [0.15, 0.2) is 0 Å². The van der Waals surface area contributed by atoms with Gasteiger partial charge < -0.3 is 15.0 Å². The van der Waals surface area contributed by atoms with E-state index in [1.807, 2.05) is 12.1 Å². The Kier molecular flexibility index (Phi) is 6.36. The molecule has 6 nitrogen and oxygen atoms in total. The number of morpholine rings is 1. The standard InChI is InChI=1S/C20H25FN4O2/c1-24(2)18(16-7-3-4-8-17(16)21)20(26)23-14-15-6-5-9-22-19(15)25-10-12-27-13-11-25/h3-9,18H,10-14H2,1-2H3,(H,23,26)/t18-/m0/s1. The van der Waals surface area contributed by atoms with E-state index >= 15 is 0 Å². The third-order valence-corrected chi connectivity index (χ3v) is 4.60. The van der Waals surface area contributed by atoms with E-state index in [2.05, 4.69) is 15.2 Å². The minimum absolute atomic E-state index is 0.248. The van der Waals surface area contributed by atoms with Crippen LogP contribution < -0.4 is 10.2 Å². The fourth-order valence-corrected chi connectivity index (χ4v) is 3.26. The van der Waals surface area contributed by atoms with Crippen molar-refractivity contribution >= 4 is 11.7 Å². The van der Waals surface area contributed by atoms with E-state index in [1.165, 1.54) is 6.07 Å². The third kappa shape index (κ3) is 4.61. The van der Waals surface area contributed by atoms with Gasteiger partial charge in [0.1, 0.15) is 17.7 Å². The van der Waals surface area contributed by atoms with Gasteiger partial charge in [0, 0.05) is 37.0 Å². The lowest BCUT2D eigenvalue weighted by Crippen LogP contribution is -2.39. The lowest BCUT2D eigenvalue weighted by molar-refractivity contribution is -0.126. The summed E-state index contributed by atoms with van der Waals surface area (Å²) in [5.74, 6) is 0.219. The summed E-state index contributed by atoms with van der Waals surface area (Å²) in [7, 11) is 3.53. The van der Waals surface area contributed by atoms with E-state index in [9.17, 15) is 9.18 Å². The molecule has 2 heterocycles. The van der Waals surface area contributed by atoms with Gasteiger partial charge in [-0.3, -0.25) is 9.69 Å². The normalized spacial score (nSPS) is 15.6. The van der Waals surface area contributed by atoms with E-state index < -0.39 is 6.04 Å². The van der Waals surface area contributed by atoms with E-state index in [1.54, 1.807) is 43.4 Å². The molecule has 1 aliphatic heterocycles. The molecule has 144 valence electrons. The summed E-state index contributed by atoms with van der Waals surface area (Å²) < 4.78 is 19.6. The van der Waals surface area contributed by atoms with Gasteiger partial charge in [-0.05, 0) is 26.2 Å². The molecule has 7 heteroatoms. The highest BCUT2D eigenvalue weighted by Crippen LogP contribution is 2.23. The second-order valence-electron chi connectivity index (χ2n) is 6.69. The first kappa shape index (κ1) is 19.3. The highest BCUT2D eigenvalue weighted by atomic mass is 19.1. The first-order valence-corrected chi connectivity index (χ1v) is 9.03. The summed E-state index contributed by atoms with van der Waals surface area (Å²) in [6.45, 7) is 3.20. The van der Waals surface area contributed by atoms with Gasteiger partial charge in [0.25, 0.3) is 0 Å². The van der Waals surface area contributed by atoms with Gasteiger partial charge >= 0.3 is 0 Å². The van der Waals surface area contributed by atoms with Crippen molar-refractivity contribution in [1.82, 2.24) is 15.2 Å². The van der Waals surface area contributed by atoms with Crippen LogP contribution in [0, 0.1) is 5.82 Å². The van der Waals surface area contributed by atoms with Crippen LogP contribution in [0.25, 0.3) is 0 Å². The average molecular weight is 372 g/mol. The minimum atomic E-state index is -0.699. The van der Waals surface area contributed by atoms with Crippen molar-refractivity contribution in [3.63, 3.8) is 0 Å². The SMILES string of the molecule is CN(C)[C@H](C(=O)NCc1cccnc1N1CCOCC1)c1ccccc1F. The summed E-state index contributed by atoms with van der Waals surface area (Å²) in [5.41, 5.74) is 1.29. The van der Waals surface area contributed by atoms with Crippen molar-refractivity contribution in [3.05, 3.63) is 59.5 Å². The third-order valence-electron chi connectivity index (χ3n) is 4.60. The van der Waals surface area contributed by atoms with Crippen LogP contribution in [0.4, 0.5) is 10.2 Å². The van der Waals surface area contributed by atoms with Crippen molar-refractivity contribution in [2.24, 2.45) is 0 Å². The molecule has 1 aromatic carbocycles. The fourth-order valence-electron chi connectivity index (χ4n) is 3.26. The number of hydrogen-bond donors (Lipinski definition) is 1. The van der Waals surface area contributed by atoms with E-state index in [0.717, 1.165) is 24.5 Å². The van der Waals surface area contributed by atoms with Gasteiger partial charge in [-0.25, -0.2) is 9.37 Å². The summed E-state index contributed by atoms with van der Waals surface area (Å²) in [6, 6.07) is 9.47. The van der Waals surface area contributed by atoms with Gasteiger partial charge in [-0.2, -0.15) is 0 Å². The largest absolute Gasteiger partial charge is 0.378 e. The molecule has 0 saturated carbocycles. The number of anilines is 1. The quantitative estimate of drug-likeness (QED) is 0.840. The Hall–Kier alpha value is -2.51. The number of nitrogens with one attached hydrogen (secondary N) is 1. The van der Waals surface area contributed by atoms with Crippen LogP contribution in [0.3, 0.4) is 0 Å². The number of amides is 1. The Bertz CT molecular complexity index is 778. The van der Waals surface area contributed by atoms with Crippen LogP contribution in [0.1, 0.15) is 17.2 Å². The van der Waals surface area contributed by atoms with Crippen molar-refractivity contribution in [2.45, 2.75) is 12.6 Å². The maximum atomic E-state index is 14.2. The Labute approximate surface area is 158 Å². The van der Waals surface area contributed by atoms with Crippen molar-refractivity contribution in [3.8, 4) is 0 Å². The zero-order valence-corrected chi connectivity index (χ0v) is 15.7. The maximum absolute atomic E-state index is 14.2. The molecule has 3 rings (SSSR count). The molecule has 1 aliphatic rings. The second-order valence-corrected chi connectivity index (χ2v) is 6.69. The molecule has 0 radical (unpaired) electrons. The predicted octanol–water partition coefficient (Wildman–Crippen LogP) is 1.98. The lowest BCUT2D eigenvalue weighted by atomic mass is 10.0. The molecule has 27 heavy (non-hydrogen) atoms. The minimum Gasteiger partial charge on any atom is -0.378 e. The average Bonchev–Trinajstić information content (AvgIpc) is 2.69. The number of pyridine rings is 1. The monoisotopic (exact) mass is 372 g/mol. The number of aromatic nitrogens is 1. The molecule has 0 aliphatic carbocycles. The molecule has 1 amide bonds. The summed E-state index contributed by atoms with van der Waals surface area (Å²) in [5, 5.41) is 2.94. The van der Waals surface area contributed by atoms with E-state index in [0.29, 0.717) is 25.3 Å². The lowest BCUT2D eigenvalue weighted by Gasteiger charge is -2.29. The molecule has 1 fully saturated rings. The Morgan fingerprint density at radius 3 is 2.70 bits per heavy atom. The number of carbonyl (C=O) groups excluding carboxylic acids is 1. The van der Waals surface area contributed by atoms with Gasteiger partial charge in [0.05, 0.1) is 13.2 Å². The number of rotatable bonds is 6. The molecule has 0 spiro atoms. The van der Waals surface area contributed by atoms with Crippen LogP contribution in [-0.2, 0) is 16.1 Å². The maximum Gasteiger partial charge on any atom is 0.242 e. The van der Waals surface area contributed by atoms with Crippen LogP contribution in [0.5, 0.6) is 0 Å². The topological polar surface area (TPSA) is 57.7 Å². The first-order valence-electron chi connectivity index (χ1n) is 9.03. The highest BCUT2D eigenvalue weighted by Gasteiger charge is 2.26. The predicted molar refractivity (Wildman–Crippen MR) is 102 cm³/mol. The van der Waals surface area contributed by atoms with Crippen molar-refractivity contribution in [1.29, 1.82) is 0 Å². The molecule has 1 N–H and O–H groups in total. The number of nitrogens with zero attached hydrogens (tertiary/aromatic N) is 3. The van der Waals surface area contributed by atoms with Crippen LogP contribution in [0.2, 0.25) is 0 Å². The number of ether oxygens (including phenoxy) is 1. The number of carbonyl (C=O) groups is 1. The second kappa shape index (κ2) is 8.92.